The average molecular weight is 382 g/mol. The van der Waals surface area contributed by atoms with Crippen molar-refractivity contribution in [2.45, 2.75) is 13.0 Å². The number of Topliss-reactive ketones (excluding diaryl/α,β-unsaturated/α-hetero) is 1. The largest absolute Gasteiger partial charge is 0.549 e. The smallest absolute Gasteiger partial charge is 0.292 e. The van der Waals surface area contributed by atoms with Crippen LogP contribution in [-0.4, -0.2) is 45.5 Å². The number of aromatic nitrogens is 1. The van der Waals surface area contributed by atoms with Gasteiger partial charge in [0.15, 0.2) is 10.7 Å². The van der Waals surface area contributed by atoms with Crippen LogP contribution in [-0.2, 0) is 9.59 Å². The van der Waals surface area contributed by atoms with Crippen LogP contribution in [0.2, 0.25) is 0 Å². The Morgan fingerprint density at radius 3 is 2.75 bits per heavy atom. The van der Waals surface area contributed by atoms with Crippen molar-refractivity contribution in [3.63, 3.8) is 0 Å². The zero-order valence-corrected chi connectivity index (χ0v) is 15.1. The molecule has 0 fully saturated rings. The summed E-state index contributed by atoms with van der Waals surface area (Å²) in [6.45, 7) is 1.45. The lowest BCUT2D eigenvalue weighted by atomic mass is 9.90. The van der Waals surface area contributed by atoms with Crippen molar-refractivity contribution in [2.75, 3.05) is 13.1 Å². The first-order chi connectivity index (χ1) is 13.4. The highest BCUT2D eigenvalue weighted by molar-refractivity contribution is 6.02. The number of nitroso groups, excluding NO2 is 1. The molecule has 9 nitrogen and oxygen atoms in total. The SMILES string of the molecule is CCN1CC(=O)C(C(=O)[O-])C(c2cccnc2)N[N+](=O)c2cccc(c2)C1=O. The van der Waals surface area contributed by atoms with Crippen LogP contribution in [0, 0.1) is 10.8 Å². The van der Waals surface area contributed by atoms with E-state index in [-0.39, 0.29) is 17.8 Å². The predicted molar refractivity (Wildman–Crippen MR) is 94.9 cm³/mol. The van der Waals surface area contributed by atoms with Crippen LogP contribution in [0.15, 0.2) is 48.8 Å². The van der Waals surface area contributed by atoms with Gasteiger partial charge in [-0.3, -0.25) is 14.6 Å². The second-order valence-electron chi connectivity index (χ2n) is 6.32. The van der Waals surface area contributed by atoms with Gasteiger partial charge in [0.2, 0.25) is 0 Å². The molecule has 28 heavy (non-hydrogen) atoms. The number of hydrogen-bond donors (Lipinski definition) is 1. The van der Waals surface area contributed by atoms with Gasteiger partial charge < -0.3 is 14.8 Å². The number of hydrazine groups is 1. The van der Waals surface area contributed by atoms with E-state index < -0.39 is 36.2 Å². The van der Waals surface area contributed by atoms with Gasteiger partial charge in [0.25, 0.3) is 11.6 Å². The van der Waals surface area contributed by atoms with Crippen LogP contribution in [0.5, 0.6) is 0 Å². The molecule has 2 heterocycles. The Balaban J connectivity index is 2.14. The highest BCUT2D eigenvalue weighted by atomic mass is 16.4. The molecule has 2 bridgehead atoms. The van der Waals surface area contributed by atoms with Crippen molar-refractivity contribution in [3.8, 4) is 0 Å². The van der Waals surface area contributed by atoms with Crippen molar-refractivity contribution in [3.05, 3.63) is 64.8 Å². The topological polar surface area (TPSA) is 123 Å². The number of pyridine rings is 1. The third-order valence-corrected chi connectivity index (χ3v) is 4.58. The predicted octanol–water partition coefficient (Wildman–Crippen LogP) is 0.149. The maximum Gasteiger partial charge on any atom is 0.292 e. The number of ketones is 1. The number of nitrogens with one attached hydrogen (secondary N) is 1. The molecule has 144 valence electrons. The fourth-order valence-corrected chi connectivity index (χ4v) is 3.12. The molecule has 1 aromatic carbocycles. The van der Waals surface area contributed by atoms with Gasteiger partial charge in [-0.25, -0.2) is 0 Å². The van der Waals surface area contributed by atoms with E-state index in [0.717, 1.165) is 0 Å². The van der Waals surface area contributed by atoms with Gasteiger partial charge in [-0.1, -0.05) is 12.1 Å². The van der Waals surface area contributed by atoms with E-state index in [1.165, 1.54) is 41.6 Å². The van der Waals surface area contributed by atoms with E-state index in [1.807, 2.05) is 0 Å². The summed E-state index contributed by atoms with van der Waals surface area (Å²) in [4.78, 5) is 55.6. The third kappa shape index (κ3) is 3.73. The molecule has 1 aliphatic rings. The monoisotopic (exact) mass is 382 g/mol. The molecule has 1 N–H and O–H groups in total. The fourth-order valence-electron chi connectivity index (χ4n) is 3.12. The summed E-state index contributed by atoms with van der Waals surface area (Å²) in [5.41, 5.74) is 3.17. The van der Waals surface area contributed by atoms with E-state index in [1.54, 1.807) is 19.1 Å². The van der Waals surface area contributed by atoms with Gasteiger partial charge in [-0.05, 0) is 24.6 Å². The Morgan fingerprint density at radius 1 is 1.32 bits per heavy atom. The van der Waals surface area contributed by atoms with Gasteiger partial charge >= 0.3 is 0 Å². The maximum atomic E-state index is 12.8. The van der Waals surface area contributed by atoms with Gasteiger partial charge in [0, 0.05) is 36.6 Å². The lowest BCUT2D eigenvalue weighted by Crippen LogP contribution is -2.49. The Labute approximate surface area is 160 Å². The number of benzene rings is 1. The molecule has 0 saturated heterocycles. The summed E-state index contributed by atoms with van der Waals surface area (Å²) in [5.74, 6) is -4.56. The van der Waals surface area contributed by atoms with Crippen molar-refractivity contribution < 1.29 is 24.4 Å². The minimum atomic E-state index is -1.70. The van der Waals surface area contributed by atoms with E-state index in [9.17, 15) is 24.4 Å². The molecule has 1 aromatic heterocycles. The molecule has 0 radical (unpaired) electrons. The summed E-state index contributed by atoms with van der Waals surface area (Å²) < 4.78 is 0. The Kier molecular flexibility index (Phi) is 5.44. The Hall–Kier alpha value is -3.62. The summed E-state index contributed by atoms with van der Waals surface area (Å²) in [5, 5.41) is 11.9. The Bertz CT molecular complexity index is 931. The van der Waals surface area contributed by atoms with E-state index >= 15 is 0 Å². The number of carbonyl (C=O) groups excluding carboxylic acids is 3. The van der Waals surface area contributed by atoms with Crippen molar-refractivity contribution in [2.24, 2.45) is 5.92 Å². The minimum Gasteiger partial charge on any atom is -0.549 e. The molecule has 2 aromatic rings. The van der Waals surface area contributed by atoms with Crippen molar-refractivity contribution >= 4 is 23.3 Å². The van der Waals surface area contributed by atoms with Crippen LogP contribution in [0.3, 0.4) is 0 Å². The molecule has 1 aliphatic heterocycles. The van der Waals surface area contributed by atoms with Crippen LogP contribution in [0.4, 0.5) is 5.69 Å². The highest BCUT2D eigenvalue weighted by Gasteiger charge is 2.37. The first kappa shape index (κ1) is 19.2. The maximum absolute atomic E-state index is 12.8. The lowest BCUT2D eigenvalue weighted by Gasteiger charge is -2.27. The van der Waals surface area contributed by atoms with Gasteiger partial charge in [-0.2, -0.15) is 0 Å². The molecule has 2 atom stereocenters. The van der Waals surface area contributed by atoms with Crippen LogP contribution in [0.1, 0.15) is 28.9 Å². The lowest BCUT2D eigenvalue weighted by molar-refractivity contribution is -0.538. The number of carbonyl (C=O) groups is 3. The molecule has 1 amide bonds. The van der Waals surface area contributed by atoms with E-state index in [2.05, 4.69) is 10.4 Å². The number of fused-ring (bicyclic) bond motifs is 2. The molecule has 9 heteroatoms. The number of rotatable bonds is 3. The van der Waals surface area contributed by atoms with Crippen molar-refractivity contribution in [1.29, 1.82) is 0 Å². The number of aliphatic carboxylic acids is 1. The van der Waals surface area contributed by atoms with Crippen LogP contribution >= 0.6 is 0 Å². The summed E-state index contributed by atoms with van der Waals surface area (Å²) in [6, 6.07) is 7.82. The second-order valence-corrected chi connectivity index (χ2v) is 6.32. The summed E-state index contributed by atoms with van der Waals surface area (Å²) >= 11 is 0. The number of likely N-dealkylation sites (N-methyl/N-ethyl adjacent to an activating group) is 1. The molecular formula is C19H18N4O5. The molecule has 0 aliphatic carbocycles. The first-order valence-corrected chi connectivity index (χ1v) is 8.68. The normalized spacial score (nSPS) is 20.3. The second kappa shape index (κ2) is 7.95. The summed E-state index contributed by atoms with van der Waals surface area (Å²) in [7, 11) is 0. The van der Waals surface area contributed by atoms with E-state index in [0.29, 0.717) is 10.4 Å². The molecule has 0 spiro atoms. The number of hydrogen-bond acceptors (Lipinski definition) is 6. The molecule has 2 unspecified atom stereocenters. The number of nitrogens with zero attached hydrogens (tertiary/aromatic N) is 3. The Morgan fingerprint density at radius 2 is 2.11 bits per heavy atom. The van der Waals surface area contributed by atoms with Gasteiger partial charge in [0.05, 0.1) is 23.3 Å². The number of carboxylic acid groups (broad SMARTS) is 1. The fraction of sp³-hybridized carbons (Fsp3) is 0.263. The molecule has 3 rings (SSSR count). The zero-order chi connectivity index (χ0) is 20.3. The summed E-state index contributed by atoms with van der Waals surface area (Å²) in [6.07, 6.45) is 2.86. The van der Waals surface area contributed by atoms with Crippen LogP contribution < -0.4 is 10.5 Å². The average Bonchev–Trinajstić information content (AvgIpc) is 2.71. The van der Waals surface area contributed by atoms with Gasteiger partial charge in [0.1, 0.15) is 6.04 Å². The van der Waals surface area contributed by atoms with Crippen LogP contribution in [0.25, 0.3) is 0 Å². The standard InChI is InChI=1S/C19H18N4O5/c1-2-22-11-15(24)16(19(26)27)17(13-6-4-8-20-10-13)21-23(28)14-7-3-5-12(9-14)18(22)25/h3-10,16-17H,2,11H2,1H3,(H-,21,26,27,28). The third-order valence-electron chi connectivity index (χ3n) is 4.58. The minimum absolute atomic E-state index is 0.0993. The quantitative estimate of drug-likeness (QED) is 0.592. The zero-order valence-electron chi connectivity index (χ0n) is 15.1. The molecule has 0 saturated carbocycles. The van der Waals surface area contributed by atoms with E-state index in [4.69, 9.17) is 0 Å². The number of carboxylic acids is 1. The number of amides is 1. The first-order valence-electron chi connectivity index (χ1n) is 8.68. The molecular weight excluding hydrogens is 364 g/mol. The highest BCUT2D eigenvalue weighted by Crippen LogP contribution is 2.26. The van der Waals surface area contributed by atoms with Gasteiger partial charge in [-0.15, -0.1) is 5.43 Å². The van der Waals surface area contributed by atoms with Crippen molar-refractivity contribution in [1.82, 2.24) is 15.3 Å².